The second-order valence-electron chi connectivity index (χ2n) is 8.83. The van der Waals surface area contributed by atoms with Gasteiger partial charge in [0.2, 0.25) is 5.91 Å². The molecule has 2 N–H and O–H groups in total. The number of hydrogen-bond donors (Lipinski definition) is 2. The summed E-state index contributed by atoms with van der Waals surface area (Å²) in [6.45, 7) is 9.27. The lowest BCUT2D eigenvalue weighted by Gasteiger charge is -2.37. The zero-order valence-corrected chi connectivity index (χ0v) is 19.6. The first-order chi connectivity index (χ1) is 14.6. The fraction of sp³-hybridized carbons (Fsp3) is 0.391. The molecule has 0 radical (unpaired) electrons. The average Bonchev–Trinajstić information content (AvgIpc) is 2.71. The van der Waals surface area contributed by atoms with Crippen molar-refractivity contribution in [3.05, 3.63) is 52.5 Å². The van der Waals surface area contributed by atoms with E-state index < -0.39 is 6.03 Å². The lowest BCUT2D eigenvalue weighted by Crippen LogP contribution is -2.49. The molecular formula is C23H28Cl2N4O2. The summed E-state index contributed by atoms with van der Waals surface area (Å²) in [5.74, 6) is 0.220. The lowest BCUT2D eigenvalue weighted by molar-refractivity contribution is -0.133. The monoisotopic (exact) mass is 462 g/mol. The standard InChI is InChI=1S/C23H28Cl2N4O2/c1-23(2,3)15-20(30)29-13-11-28(12-14-29)17-9-7-16(8-10-17)26-22(31)27-19-6-4-5-18(24)21(19)25/h4-10H,11-15H2,1-3H3,(H2,26,27,31). The summed E-state index contributed by atoms with van der Waals surface area (Å²) < 4.78 is 0. The highest BCUT2D eigenvalue weighted by atomic mass is 35.5. The van der Waals surface area contributed by atoms with Gasteiger partial charge in [-0.25, -0.2) is 4.79 Å². The smallest absolute Gasteiger partial charge is 0.323 e. The van der Waals surface area contributed by atoms with Crippen molar-refractivity contribution in [1.29, 1.82) is 0 Å². The van der Waals surface area contributed by atoms with Gasteiger partial charge < -0.3 is 20.4 Å². The van der Waals surface area contributed by atoms with Gasteiger partial charge in [0.25, 0.3) is 0 Å². The van der Waals surface area contributed by atoms with Crippen LogP contribution in [0, 0.1) is 5.41 Å². The Hall–Kier alpha value is -2.44. The minimum Gasteiger partial charge on any atom is -0.368 e. The first-order valence-corrected chi connectivity index (χ1v) is 11.0. The first-order valence-electron chi connectivity index (χ1n) is 10.3. The Morgan fingerprint density at radius 3 is 2.19 bits per heavy atom. The number of piperazine rings is 1. The summed E-state index contributed by atoms with van der Waals surface area (Å²) in [5.41, 5.74) is 2.17. The first kappa shape index (κ1) is 23.2. The molecule has 0 spiro atoms. The van der Waals surface area contributed by atoms with Gasteiger partial charge in [-0.1, -0.05) is 50.0 Å². The third-order valence-corrected chi connectivity index (χ3v) is 5.82. The summed E-state index contributed by atoms with van der Waals surface area (Å²) in [7, 11) is 0. The number of urea groups is 1. The molecule has 1 fully saturated rings. The second kappa shape index (κ2) is 9.79. The number of rotatable bonds is 4. The highest BCUT2D eigenvalue weighted by molar-refractivity contribution is 6.44. The predicted octanol–water partition coefficient (Wildman–Crippen LogP) is 5.72. The zero-order chi connectivity index (χ0) is 22.6. The third-order valence-electron chi connectivity index (χ3n) is 5.00. The molecular weight excluding hydrogens is 435 g/mol. The molecule has 3 rings (SSSR count). The van der Waals surface area contributed by atoms with Crippen molar-refractivity contribution in [2.24, 2.45) is 5.41 Å². The normalized spacial score (nSPS) is 14.4. The predicted molar refractivity (Wildman–Crippen MR) is 128 cm³/mol. The van der Waals surface area contributed by atoms with E-state index in [-0.39, 0.29) is 11.3 Å². The zero-order valence-electron chi connectivity index (χ0n) is 18.0. The van der Waals surface area contributed by atoms with Crippen LogP contribution in [-0.2, 0) is 4.79 Å². The molecule has 0 bridgehead atoms. The van der Waals surface area contributed by atoms with E-state index in [0.717, 1.165) is 31.9 Å². The summed E-state index contributed by atoms with van der Waals surface area (Å²) in [6, 6.07) is 12.3. The quantitative estimate of drug-likeness (QED) is 0.610. The molecule has 1 heterocycles. The third kappa shape index (κ3) is 6.52. The van der Waals surface area contributed by atoms with Gasteiger partial charge >= 0.3 is 6.03 Å². The van der Waals surface area contributed by atoms with Crippen molar-refractivity contribution in [2.45, 2.75) is 27.2 Å². The van der Waals surface area contributed by atoms with Gasteiger partial charge in [0.05, 0.1) is 15.7 Å². The van der Waals surface area contributed by atoms with Gasteiger partial charge in [0, 0.05) is 44.0 Å². The van der Waals surface area contributed by atoms with Gasteiger partial charge in [0.1, 0.15) is 0 Å². The molecule has 3 amide bonds. The van der Waals surface area contributed by atoms with E-state index in [1.165, 1.54) is 0 Å². The van der Waals surface area contributed by atoms with Crippen LogP contribution in [0.15, 0.2) is 42.5 Å². The Morgan fingerprint density at radius 1 is 0.935 bits per heavy atom. The van der Waals surface area contributed by atoms with Crippen molar-refractivity contribution >= 4 is 52.2 Å². The number of anilines is 3. The van der Waals surface area contributed by atoms with E-state index >= 15 is 0 Å². The van der Waals surface area contributed by atoms with Gasteiger partial charge in [-0.2, -0.15) is 0 Å². The fourth-order valence-electron chi connectivity index (χ4n) is 3.42. The highest BCUT2D eigenvalue weighted by Gasteiger charge is 2.25. The molecule has 0 atom stereocenters. The SMILES string of the molecule is CC(C)(C)CC(=O)N1CCN(c2ccc(NC(=O)Nc3cccc(Cl)c3Cl)cc2)CC1. The molecule has 1 aliphatic heterocycles. The van der Waals surface area contributed by atoms with Crippen molar-refractivity contribution in [3.63, 3.8) is 0 Å². The van der Waals surface area contributed by atoms with Crippen LogP contribution in [0.3, 0.4) is 0 Å². The van der Waals surface area contributed by atoms with E-state index in [4.69, 9.17) is 23.2 Å². The molecule has 1 saturated heterocycles. The van der Waals surface area contributed by atoms with Gasteiger partial charge in [-0.15, -0.1) is 0 Å². The molecule has 166 valence electrons. The maximum absolute atomic E-state index is 12.4. The highest BCUT2D eigenvalue weighted by Crippen LogP contribution is 2.29. The molecule has 0 aliphatic carbocycles. The summed E-state index contributed by atoms with van der Waals surface area (Å²) in [5, 5.41) is 6.16. The van der Waals surface area contributed by atoms with E-state index in [2.05, 4.69) is 36.3 Å². The van der Waals surface area contributed by atoms with Crippen molar-refractivity contribution in [1.82, 2.24) is 4.90 Å². The van der Waals surface area contributed by atoms with E-state index in [0.29, 0.717) is 27.8 Å². The van der Waals surface area contributed by atoms with Crippen LogP contribution in [0.2, 0.25) is 10.0 Å². The molecule has 31 heavy (non-hydrogen) atoms. The largest absolute Gasteiger partial charge is 0.368 e. The van der Waals surface area contributed by atoms with Gasteiger partial charge in [0.15, 0.2) is 0 Å². The molecule has 1 aliphatic rings. The Labute approximate surface area is 193 Å². The van der Waals surface area contributed by atoms with Crippen LogP contribution < -0.4 is 15.5 Å². The summed E-state index contributed by atoms with van der Waals surface area (Å²) in [6.07, 6.45) is 0.565. The molecule has 2 aromatic carbocycles. The van der Waals surface area contributed by atoms with E-state index in [1.54, 1.807) is 18.2 Å². The van der Waals surface area contributed by atoms with Crippen LogP contribution in [0.1, 0.15) is 27.2 Å². The van der Waals surface area contributed by atoms with Crippen molar-refractivity contribution < 1.29 is 9.59 Å². The lowest BCUT2D eigenvalue weighted by atomic mass is 9.91. The molecule has 6 nitrogen and oxygen atoms in total. The number of hydrogen-bond acceptors (Lipinski definition) is 3. The van der Waals surface area contributed by atoms with Crippen molar-refractivity contribution in [2.75, 3.05) is 41.7 Å². The molecule has 0 aromatic heterocycles. The molecule has 2 aromatic rings. The molecule has 0 saturated carbocycles. The van der Waals surface area contributed by atoms with Gasteiger partial charge in [-0.05, 0) is 41.8 Å². The Morgan fingerprint density at radius 2 is 1.58 bits per heavy atom. The summed E-state index contributed by atoms with van der Waals surface area (Å²) in [4.78, 5) is 28.9. The van der Waals surface area contributed by atoms with Crippen LogP contribution >= 0.6 is 23.2 Å². The van der Waals surface area contributed by atoms with Crippen LogP contribution in [0.25, 0.3) is 0 Å². The minimum absolute atomic E-state index is 0.00143. The number of carbonyl (C=O) groups is 2. The Bertz CT molecular complexity index is 934. The number of nitrogens with one attached hydrogen (secondary N) is 2. The number of amides is 3. The van der Waals surface area contributed by atoms with Gasteiger partial charge in [-0.3, -0.25) is 4.79 Å². The fourth-order valence-corrected chi connectivity index (χ4v) is 3.77. The number of nitrogens with zero attached hydrogens (tertiary/aromatic N) is 2. The number of benzene rings is 2. The maximum atomic E-state index is 12.4. The van der Waals surface area contributed by atoms with E-state index in [9.17, 15) is 9.59 Å². The maximum Gasteiger partial charge on any atom is 0.323 e. The number of carbonyl (C=O) groups excluding carboxylic acids is 2. The average molecular weight is 463 g/mol. The van der Waals surface area contributed by atoms with Crippen LogP contribution in [0.5, 0.6) is 0 Å². The van der Waals surface area contributed by atoms with Crippen LogP contribution in [0.4, 0.5) is 21.9 Å². The summed E-state index contributed by atoms with van der Waals surface area (Å²) >= 11 is 12.1. The topological polar surface area (TPSA) is 64.7 Å². The number of halogens is 2. The Kier molecular flexibility index (Phi) is 7.34. The Balaban J connectivity index is 1.52. The minimum atomic E-state index is -0.400. The van der Waals surface area contributed by atoms with Crippen LogP contribution in [-0.4, -0.2) is 43.0 Å². The molecule has 0 unspecified atom stereocenters. The van der Waals surface area contributed by atoms with Crippen molar-refractivity contribution in [3.8, 4) is 0 Å². The molecule has 8 heteroatoms. The van der Waals surface area contributed by atoms with E-state index in [1.807, 2.05) is 29.2 Å². The second-order valence-corrected chi connectivity index (χ2v) is 9.62.